The molecule has 1 fully saturated rings. The van der Waals surface area contributed by atoms with Crippen LogP contribution in [-0.2, 0) is 4.79 Å². The van der Waals surface area contributed by atoms with Crippen molar-refractivity contribution >= 4 is 17.7 Å². The van der Waals surface area contributed by atoms with E-state index in [9.17, 15) is 9.90 Å². The Morgan fingerprint density at radius 1 is 1.44 bits per heavy atom. The average Bonchev–Trinajstić information content (AvgIpc) is 2.37. The molecule has 2 atom stereocenters. The Labute approximate surface area is 112 Å². The van der Waals surface area contributed by atoms with E-state index in [1.165, 1.54) is 11.8 Å². The van der Waals surface area contributed by atoms with Crippen molar-refractivity contribution in [2.24, 2.45) is 5.41 Å². The lowest BCUT2D eigenvalue weighted by atomic mass is 9.64. The second-order valence-corrected chi connectivity index (χ2v) is 6.34. The van der Waals surface area contributed by atoms with E-state index in [1.807, 2.05) is 44.2 Å². The molecule has 0 radical (unpaired) electrons. The van der Waals surface area contributed by atoms with Crippen LogP contribution in [0, 0.1) is 5.41 Å². The Morgan fingerprint density at radius 3 is 2.67 bits per heavy atom. The first-order valence-corrected chi connectivity index (χ1v) is 7.14. The molecule has 2 rings (SSSR count). The zero-order valence-electron chi connectivity index (χ0n) is 10.7. The Balaban J connectivity index is 1.77. The van der Waals surface area contributed by atoms with Crippen LogP contribution >= 0.6 is 11.8 Å². The SMILES string of the molecule is CC1(C)C(O)CC1NC(=O)CSc1ccccc1. The first kappa shape index (κ1) is 13.4. The molecule has 2 unspecified atom stereocenters. The van der Waals surface area contributed by atoms with Crippen LogP contribution in [0.25, 0.3) is 0 Å². The number of thioether (sulfide) groups is 1. The fourth-order valence-electron chi connectivity index (χ4n) is 2.05. The third kappa shape index (κ3) is 2.87. The maximum absolute atomic E-state index is 11.8. The van der Waals surface area contributed by atoms with E-state index in [1.54, 1.807) is 0 Å². The summed E-state index contributed by atoms with van der Waals surface area (Å²) in [5.41, 5.74) is -0.201. The molecule has 0 saturated heterocycles. The van der Waals surface area contributed by atoms with Gasteiger partial charge in [-0.2, -0.15) is 0 Å². The third-order valence-electron chi connectivity index (χ3n) is 3.66. The second kappa shape index (κ2) is 5.33. The maximum Gasteiger partial charge on any atom is 0.230 e. The van der Waals surface area contributed by atoms with Crippen molar-refractivity contribution < 1.29 is 9.90 Å². The van der Waals surface area contributed by atoms with Gasteiger partial charge in [-0.15, -0.1) is 11.8 Å². The van der Waals surface area contributed by atoms with Crippen LogP contribution in [0.5, 0.6) is 0 Å². The highest BCUT2D eigenvalue weighted by Gasteiger charge is 2.47. The number of amides is 1. The first-order valence-electron chi connectivity index (χ1n) is 6.15. The summed E-state index contributed by atoms with van der Waals surface area (Å²) in [5, 5.41) is 12.6. The van der Waals surface area contributed by atoms with E-state index >= 15 is 0 Å². The molecule has 0 aliphatic heterocycles. The van der Waals surface area contributed by atoms with Gasteiger partial charge in [0.2, 0.25) is 5.91 Å². The van der Waals surface area contributed by atoms with Gasteiger partial charge in [0.05, 0.1) is 11.9 Å². The number of aliphatic hydroxyl groups excluding tert-OH is 1. The lowest BCUT2D eigenvalue weighted by Crippen LogP contribution is -2.61. The minimum Gasteiger partial charge on any atom is -0.392 e. The molecule has 1 amide bonds. The number of aliphatic hydroxyl groups is 1. The molecule has 1 saturated carbocycles. The molecule has 1 aliphatic rings. The van der Waals surface area contributed by atoms with Crippen molar-refractivity contribution in [1.82, 2.24) is 5.32 Å². The largest absolute Gasteiger partial charge is 0.392 e. The molecule has 0 bridgehead atoms. The number of nitrogens with one attached hydrogen (secondary N) is 1. The van der Waals surface area contributed by atoms with Crippen LogP contribution in [-0.4, -0.2) is 28.9 Å². The highest BCUT2D eigenvalue weighted by atomic mass is 32.2. The lowest BCUT2D eigenvalue weighted by molar-refractivity contribution is -0.126. The number of hydrogen-bond donors (Lipinski definition) is 2. The summed E-state index contributed by atoms with van der Waals surface area (Å²) >= 11 is 1.53. The summed E-state index contributed by atoms with van der Waals surface area (Å²) in [6.07, 6.45) is 0.360. The third-order valence-corrected chi connectivity index (χ3v) is 4.68. The van der Waals surface area contributed by atoms with Crippen molar-refractivity contribution in [1.29, 1.82) is 0 Å². The molecule has 2 N–H and O–H groups in total. The van der Waals surface area contributed by atoms with Crippen molar-refractivity contribution in [3.8, 4) is 0 Å². The van der Waals surface area contributed by atoms with Gasteiger partial charge in [0, 0.05) is 16.4 Å². The summed E-state index contributed by atoms with van der Waals surface area (Å²) in [6.45, 7) is 3.97. The quantitative estimate of drug-likeness (QED) is 0.819. The lowest BCUT2D eigenvalue weighted by Gasteiger charge is -2.49. The predicted octanol–water partition coefficient (Wildman–Crippen LogP) is 2.05. The van der Waals surface area contributed by atoms with Crippen molar-refractivity contribution in [2.75, 3.05) is 5.75 Å². The molecule has 18 heavy (non-hydrogen) atoms. The minimum atomic E-state index is -0.301. The Morgan fingerprint density at radius 2 is 2.11 bits per heavy atom. The molecule has 1 aliphatic carbocycles. The standard InChI is InChI=1S/C14H19NO2S/c1-14(2)11(8-12(14)16)15-13(17)9-18-10-6-4-3-5-7-10/h3-7,11-12,16H,8-9H2,1-2H3,(H,15,17). The topological polar surface area (TPSA) is 49.3 Å². The Hall–Kier alpha value is -1.00. The van der Waals surface area contributed by atoms with Crippen LogP contribution in [0.3, 0.4) is 0 Å². The molecular formula is C14H19NO2S. The monoisotopic (exact) mass is 265 g/mol. The number of hydrogen-bond acceptors (Lipinski definition) is 3. The number of carbonyl (C=O) groups is 1. The van der Waals surface area contributed by atoms with Crippen LogP contribution in [0.1, 0.15) is 20.3 Å². The van der Waals surface area contributed by atoms with Crippen molar-refractivity contribution in [3.63, 3.8) is 0 Å². The number of carbonyl (C=O) groups excluding carboxylic acids is 1. The Bertz CT molecular complexity index is 419. The van der Waals surface area contributed by atoms with Crippen molar-refractivity contribution in [3.05, 3.63) is 30.3 Å². The predicted molar refractivity (Wildman–Crippen MR) is 73.5 cm³/mol. The van der Waals surface area contributed by atoms with Crippen molar-refractivity contribution in [2.45, 2.75) is 37.3 Å². The van der Waals surface area contributed by atoms with E-state index < -0.39 is 0 Å². The van der Waals surface area contributed by atoms with Gasteiger partial charge in [0.15, 0.2) is 0 Å². The summed E-state index contributed by atoms with van der Waals surface area (Å²) in [4.78, 5) is 12.9. The summed E-state index contributed by atoms with van der Waals surface area (Å²) in [7, 11) is 0. The van der Waals surface area contributed by atoms with E-state index in [4.69, 9.17) is 0 Å². The highest BCUT2D eigenvalue weighted by Crippen LogP contribution is 2.40. The zero-order chi connectivity index (χ0) is 13.2. The Kier molecular flexibility index (Phi) is 3.97. The van der Waals surface area contributed by atoms with Crippen LogP contribution in [0.4, 0.5) is 0 Å². The van der Waals surface area contributed by atoms with E-state index in [0.717, 1.165) is 4.90 Å². The van der Waals surface area contributed by atoms with Gasteiger partial charge in [-0.1, -0.05) is 32.0 Å². The molecule has 0 aromatic heterocycles. The summed E-state index contributed by atoms with van der Waals surface area (Å²) in [5.74, 6) is 0.459. The normalized spacial score (nSPS) is 25.3. The highest BCUT2D eigenvalue weighted by molar-refractivity contribution is 8.00. The maximum atomic E-state index is 11.8. The molecule has 0 heterocycles. The van der Waals surface area contributed by atoms with Gasteiger partial charge in [0.1, 0.15) is 0 Å². The molecule has 1 aromatic carbocycles. The van der Waals surface area contributed by atoms with Gasteiger partial charge in [-0.3, -0.25) is 4.79 Å². The molecule has 1 aromatic rings. The van der Waals surface area contributed by atoms with Crippen LogP contribution < -0.4 is 5.32 Å². The smallest absolute Gasteiger partial charge is 0.230 e. The molecule has 98 valence electrons. The fraction of sp³-hybridized carbons (Fsp3) is 0.500. The van der Waals surface area contributed by atoms with E-state index in [2.05, 4.69) is 5.32 Å². The molecule has 3 nitrogen and oxygen atoms in total. The van der Waals surface area contributed by atoms with Gasteiger partial charge in [0.25, 0.3) is 0 Å². The van der Waals surface area contributed by atoms with E-state index in [-0.39, 0.29) is 23.5 Å². The zero-order valence-corrected chi connectivity index (χ0v) is 11.5. The van der Waals surface area contributed by atoms with Gasteiger partial charge in [-0.25, -0.2) is 0 Å². The van der Waals surface area contributed by atoms with Crippen LogP contribution in [0.2, 0.25) is 0 Å². The first-order chi connectivity index (χ1) is 8.50. The summed E-state index contributed by atoms with van der Waals surface area (Å²) in [6, 6.07) is 9.97. The molecule has 4 heteroatoms. The molecule has 0 spiro atoms. The fourth-order valence-corrected chi connectivity index (χ4v) is 2.78. The van der Waals surface area contributed by atoms with Gasteiger partial charge in [-0.05, 0) is 18.6 Å². The number of rotatable bonds is 4. The average molecular weight is 265 g/mol. The second-order valence-electron chi connectivity index (χ2n) is 5.29. The van der Waals surface area contributed by atoms with Crippen LogP contribution in [0.15, 0.2) is 35.2 Å². The van der Waals surface area contributed by atoms with E-state index in [0.29, 0.717) is 12.2 Å². The number of benzene rings is 1. The minimum absolute atomic E-state index is 0.0360. The summed E-state index contributed by atoms with van der Waals surface area (Å²) < 4.78 is 0. The molecular weight excluding hydrogens is 246 g/mol. The van der Waals surface area contributed by atoms with Gasteiger partial charge >= 0.3 is 0 Å². The van der Waals surface area contributed by atoms with Gasteiger partial charge < -0.3 is 10.4 Å².